The normalized spacial score (nSPS) is 17.8. The number of carbonyl (C=O) groups excluding carboxylic acids is 2. The molecule has 7 heteroatoms. The van der Waals surface area contributed by atoms with Gasteiger partial charge in [-0.15, -0.1) is 0 Å². The summed E-state index contributed by atoms with van der Waals surface area (Å²) in [6.45, 7) is 5.24. The van der Waals surface area contributed by atoms with E-state index in [2.05, 4.69) is 0 Å². The van der Waals surface area contributed by atoms with Crippen molar-refractivity contribution >= 4 is 17.4 Å². The molecule has 1 unspecified atom stereocenters. The lowest BCUT2D eigenvalue weighted by molar-refractivity contribution is -0.140. The summed E-state index contributed by atoms with van der Waals surface area (Å²) in [7, 11) is 5.38. The van der Waals surface area contributed by atoms with E-state index in [1.165, 1.54) is 4.90 Å². The molecular weight excluding hydrogens is 408 g/mol. The number of methoxy groups -OCH3 is 1. The monoisotopic (exact) mass is 438 g/mol. The first-order valence-electron chi connectivity index (χ1n) is 10.6. The van der Waals surface area contributed by atoms with E-state index in [0.717, 1.165) is 11.1 Å². The van der Waals surface area contributed by atoms with Gasteiger partial charge in [-0.1, -0.05) is 12.1 Å². The SMILES string of the molecule is CCOc1ccc(/C(O)=C2/C(=O)C(=O)N(CCN(C)C)C2c2ccc(OC)cc2)cc1C. The minimum absolute atomic E-state index is 0.0856. The lowest BCUT2D eigenvalue weighted by atomic mass is 9.94. The summed E-state index contributed by atoms with van der Waals surface area (Å²) in [6, 6.07) is 11.7. The average molecular weight is 439 g/mol. The molecule has 7 nitrogen and oxygen atoms in total. The quantitative estimate of drug-likeness (QED) is 0.387. The summed E-state index contributed by atoms with van der Waals surface area (Å²) in [5, 5.41) is 11.2. The molecule has 0 bridgehead atoms. The van der Waals surface area contributed by atoms with Crippen molar-refractivity contribution in [3.05, 3.63) is 64.7 Å². The Morgan fingerprint density at radius 1 is 1.12 bits per heavy atom. The fraction of sp³-hybridized carbons (Fsp3) is 0.360. The lowest BCUT2D eigenvalue weighted by Crippen LogP contribution is -2.35. The fourth-order valence-electron chi connectivity index (χ4n) is 3.82. The zero-order chi connectivity index (χ0) is 23.4. The van der Waals surface area contributed by atoms with Crippen LogP contribution >= 0.6 is 0 Å². The number of aryl methyl sites for hydroxylation is 1. The lowest BCUT2D eigenvalue weighted by Gasteiger charge is -2.26. The van der Waals surface area contributed by atoms with Crippen molar-refractivity contribution < 1.29 is 24.2 Å². The molecule has 0 saturated carbocycles. The van der Waals surface area contributed by atoms with Crippen LogP contribution in [0.25, 0.3) is 5.76 Å². The first-order valence-corrected chi connectivity index (χ1v) is 10.6. The van der Waals surface area contributed by atoms with Gasteiger partial charge in [0.25, 0.3) is 11.7 Å². The van der Waals surface area contributed by atoms with E-state index < -0.39 is 17.7 Å². The van der Waals surface area contributed by atoms with Gasteiger partial charge >= 0.3 is 0 Å². The number of benzene rings is 2. The van der Waals surface area contributed by atoms with Gasteiger partial charge in [0.05, 0.1) is 25.3 Å². The molecule has 1 aliphatic heterocycles. The van der Waals surface area contributed by atoms with Crippen LogP contribution in [0.15, 0.2) is 48.0 Å². The van der Waals surface area contributed by atoms with Gasteiger partial charge in [0.15, 0.2) is 0 Å². The summed E-state index contributed by atoms with van der Waals surface area (Å²) in [4.78, 5) is 29.5. The summed E-state index contributed by atoms with van der Waals surface area (Å²) < 4.78 is 10.8. The number of ketones is 1. The van der Waals surface area contributed by atoms with Crippen molar-refractivity contribution in [3.8, 4) is 11.5 Å². The van der Waals surface area contributed by atoms with E-state index in [4.69, 9.17) is 9.47 Å². The smallest absolute Gasteiger partial charge is 0.295 e. The van der Waals surface area contributed by atoms with Crippen molar-refractivity contribution in [2.45, 2.75) is 19.9 Å². The molecular formula is C25H30N2O5. The highest BCUT2D eigenvalue weighted by Crippen LogP contribution is 2.40. The Morgan fingerprint density at radius 2 is 1.81 bits per heavy atom. The number of hydrogen-bond acceptors (Lipinski definition) is 6. The van der Waals surface area contributed by atoms with Gasteiger partial charge < -0.3 is 24.4 Å². The third-order valence-electron chi connectivity index (χ3n) is 5.51. The molecule has 32 heavy (non-hydrogen) atoms. The van der Waals surface area contributed by atoms with Crippen LogP contribution in [-0.2, 0) is 9.59 Å². The van der Waals surface area contributed by atoms with E-state index in [-0.39, 0.29) is 11.3 Å². The first kappa shape index (κ1) is 23.3. The van der Waals surface area contributed by atoms with Gasteiger partial charge in [-0.2, -0.15) is 0 Å². The van der Waals surface area contributed by atoms with E-state index in [1.807, 2.05) is 45.0 Å². The van der Waals surface area contributed by atoms with Gasteiger partial charge in [-0.3, -0.25) is 9.59 Å². The zero-order valence-electron chi connectivity index (χ0n) is 19.2. The third kappa shape index (κ3) is 4.62. The highest BCUT2D eigenvalue weighted by atomic mass is 16.5. The molecule has 2 aromatic carbocycles. The van der Waals surface area contributed by atoms with Crippen LogP contribution < -0.4 is 9.47 Å². The molecule has 1 aliphatic rings. The van der Waals surface area contributed by atoms with Crippen LogP contribution in [0.5, 0.6) is 11.5 Å². The molecule has 1 atom stereocenters. The largest absolute Gasteiger partial charge is 0.507 e. The molecule has 1 saturated heterocycles. The Hall–Kier alpha value is -3.32. The highest BCUT2D eigenvalue weighted by molar-refractivity contribution is 6.46. The Balaban J connectivity index is 2.12. The maximum atomic E-state index is 13.1. The average Bonchev–Trinajstić information content (AvgIpc) is 3.03. The van der Waals surface area contributed by atoms with Crippen molar-refractivity contribution in [3.63, 3.8) is 0 Å². The highest BCUT2D eigenvalue weighted by Gasteiger charge is 2.45. The first-order chi connectivity index (χ1) is 15.3. The minimum atomic E-state index is -0.687. The standard InChI is InChI=1S/C25H30N2O5/c1-6-32-20-12-9-18(15-16(20)2)23(28)21-22(17-7-10-19(31-5)11-8-17)27(14-13-26(3)4)25(30)24(21)29/h7-12,15,22,28H,6,13-14H2,1-5H3/b23-21-. The van der Waals surface area contributed by atoms with Crippen LogP contribution in [0.3, 0.4) is 0 Å². The number of hydrogen-bond donors (Lipinski definition) is 1. The van der Waals surface area contributed by atoms with E-state index in [9.17, 15) is 14.7 Å². The number of likely N-dealkylation sites (N-methyl/N-ethyl adjacent to an activating group) is 1. The number of rotatable bonds is 8. The maximum absolute atomic E-state index is 13.1. The second-order valence-electron chi connectivity index (χ2n) is 7.98. The molecule has 170 valence electrons. The number of nitrogens with zero attached hydrogens (tertiary/aromatic N) is 2. The molecule has 0 spiro atoms. The van der Waals surface area contributed by atoms with Crippen LogP contribution in [0, 0.1) is 6.92 Å². The molecule has 1 heterocycles. The number of ether oxygens (including phenoxy) is 2. The second kappa shape index (κ2) is 9.87. The Morgan fingerprint density at radius 3 is 2.38 bits per heavy atom. The summed E-state index contributed by atoms with van der Waals surface area (Å²) in [5.41, 5.74) is 2.12. The molecule has 1 fully saturated rings. The summed E-state index contributed by atoms with van der Waals surface area (Å²) in [5.74, 6) is -0.114. The Bertz CT molecular complexity index is 1030. The second-order valence-corrected chi connectivity index (χ2v) is 7.98. The molecule has 1 N–H and O–H groups in total. The third-order valence-corrected chi connectivity index (χ3v) is 5.51. The number of amides is 1. The van der Waals surface area contributed by atoms with Crippen molar-refractivity contribution in [2.75, 3.05) is 40.9 Å². The maximum Gasteiger partial charge on any atom is 0.295 e. The van der Waals surface area contributed by atoms with Crippen molar-refractivity contribution in [1.82, 2.24) is 9.80 Å². The summed E-state index contributed by atoms with van der Waals surface area (Å²) >= 11 is 0. The Labute approximate surface area is 188 Å². The van der Waals surface area contributed by atoms with Gasteiger partial charge in [0.1, 0.15) is 17.3 Å². The van der Waals surface area contributed by atoms with Crippen molar-refractivity contribution in [2.24, 2.45) is 0 Å². The molecule has 3 rings (SSSR count). The van der Waals surface area contributed by atoms with Gasteiger partial charge in [-0.05, 0) is 69.4 Å². The van der Waals surface area contributed by atoms with E-state index in [0.29, 0.717) is 36.8 Å². The number of aliphatic hydroxyl groups is 1. The van der Waals surface area contributed by atoms with Gasteiger partial charge in [-0.25, -0.2) is 0 Å². The van der Waals surface area contributed by atoms with E-state index >= 15 is 0 Å². The zero-order valence-corrected chi connectivity index (χ0v) is 19.2. The Kier molecular flexibility index (Phi) is 7.20. The molecule has 1 amide bonds. The van der Waals surface area contributed by atoms with Crippen LogP contribution in [0.2, 0.25) is 0 Å². The number of carbonyl (C=O) groups is 2. The van der Waals surface area contributed by atoms with Gasteiger partial charge in [0.2, 0.25) is 0 Å². The van der Waals surface area contributed by atoms with Crippen LogP contribution in [-0.4, -0.2) is 67.5 Å². The van der Waals surface area contributed by atoms with Gasteiger partial charge in [0, 0.05) is 18.7 Å². The van der Waals surface area contributed by atoms with Crippen LogP contribution in [0.4, 0.5) is 0 Å². The number of Topliss-reactive ketones (excluding diaryl/α,β-unsaturated/α-hetero) is 1. The minimum Gasteiger partial charge on any atom is -0.507 e. The molecule has 0 aromatic heterocycles. The van der Waals surface area contributed by atoms with Crippen molar-refractivity contribution in [1.29, 1.82) is 0 Å². The number of likely N-dealkylation sites (tertiary alicyclic amines) is 1. The predicted molar refractivity (Wildman–Crippen MR) is 123 cm³/mol. The van der Waals surface area contributed by atoms with E-state index in [1.54, 1.807) is 37.4 Å². The predicted octanol–water partition coefficient (Wildman–Crippen LogP) is 3.39. The topological polar surface area (TPSA) is 79.3 Å². The molecule has 2 aromatic rings. The number of aliphatic hydroxyl groups excluding tert-OH is 1. The van der Waals surface area contributed by atoms with Crippen LogP contribution in [0.1, 0.15) is 29.7 Å². The summed E-state index contributed by atoms with van der Waals surface area (Å²) in [6.07, 6.45) is 0. The fourth-order valence-corrected chi connectivity index (χ4v) is 3.82. The molecule has 0 aliphatic carbocycles. The molecule has 0 radical (unpaired) electrons.